The molecular weight excluding hydrogens is 284 g/mol. The van der Waals surface area contributed by atoms with Crippen molar-refractivity contribution in [1.82, 2.24) is 4.90 Å². The number of hydrogen-bond acceptors (Lipinski definition) is 2. The highest BCUT2D eigenvalue weighted by atomic mass is 35.5. The monoisotopic (exact) mass is 306 g/mol. The molecule has 0 aromatic heterocycles. The molecule has 114 valence electrons. The molecule has 3 rings (SSSR count). The summed E-state index contributed by atoms with van der Waals surface area (Å²) in [5.74, 6) is 0.296. The van der Waals surface area contributed by atoms with Crippen LogP contribution in [0.2, 0.25) is 5.02 Å². The van der Waals surface area contributed by atoms with Crippen LogP contribution < -0.4 is 5.73 Å². The normalized spacial score (nSPS) is 25.0. The standard InChI is InChI=1S/C17H23ClN2O/c18-14-6-4-13(5-7-14)17(9-2-10-17)16(21)20-11-1-3-15(19)8-12-20/h4-7,15H,1-3,8-12,19H2/t15-/m1/s1. The lowest BCUT2D eigenvalue weighted by atomic mass is 9.63. The van der Waals surface area contributed by atoms with E-state index in [-0.39, 0.29) is 11.5 Å². The van der Waals surface area contributed by atoms with Crippen molar-refractivity contribution in [2.45, 2.75) is 50.0 Å². The van der Waals surface area contributed by atoms with E-state index in [1.807, 2.05) is 29.2 Å². The molecule has 3 nitrogen and oxygen atoms in total. The molecule has 1 aromatic rings. The minimum Gasteiger partial charge on any atom is -0.342 e. The fourth-order valence-electron chi connectivity index (χ4n) is 3.55. The van der Waals surface area contributed by atoms with Crippen molar-refractivity contribution < 1.29 is 4.79 Å². The number of nitrogens with two attached hydrogens (primary N) is 1. The molecule has 2 N–H and O–H groups in total. The van der Waals surface area contributed by atoms with Gasteiger partial charge in [0.2, 0.25) is 5.91 Å². The van der Waals surface area contributed by atoms with Crippen LogP contribution in [0.4, 0.5) is 0 Å². The number of nitrogens with zero attached hydrogens (tertiary/aromatic N) is 1. The first-order chi connectivity index (χ1) is 10.1. The molecule has 4 heteroatoms. The maximum atomic E-state index is 13.1. The van der Waals surface area contributed by atoms with Crippen molar-refractivity contribution in [2.75, 3.05) is 13.1 Å². The summed E-state index contributed by atoms with van der Waals surface area (Å²) in [6.45, 7) is 1.65. The number of carbonyl (C=O) groups is 1. The summed E-state index contributed by atoms with van der Waals surface area (Å²) in [6, 6.07) is 8.06. The molecule has 1 aliphatic heterocycles. The number of amides is 1. The molecule has 1 heterocycles. The Morgan fingerprint density at radius 2 is 1.86 bits per heavy atom. The average Bonchev–Trinajstić information content (AvgIpc) is 2.64. The highest BCUT2D eigenvalue weighted by Gasteiger charge is 2.47. The smallest absolute Gasteiger partial charge is 0.233 e. The van der Waals surface area contributed by atoms with Crippen LogP contribution in [0.1, 0.15) is 44.1 Å². The Kier molecular flexibility index (Phi) is 4.23. The predicted octanol–water partition coefficient (Wildman–Crippen LogP) is 3.10. The quantitative estimate of drug-likeness (QED) is 0.912. The summed E-state index contributed by atoms with van der Waals surface area (Å²) in [7, 11) is 0. The van der Waals surface area contributed by atoms with Crippen molar-refractivity contribution in [2.24, 2.45) is 5.73 Å². The van der Waals surface area contributed by atoms with E-state index in [0.29, 0.717) is 5.91 Å². The summed E-state index contributed by atoms with van der Waals surface area (Å²) < 4.78 is 0. The van der Waals surface area contributed by atoms with E-state index in [0.717, 1.165) is 62.2 Å². The predicted molar refractivity (Wildman–Crippen MR) is 85.4 cm³/mol. The SMILES string of the molecule is N[C@@H]1CCCN(C(=O)C2(c3ccc(Cl)cc3)CCC2)CC1. The van der Waals surface area contributed by atoms with Gasteiger partial charge < -0.3 is 10.6 Å². The van der Waals surface area contributed by atoms with E-state index in [4.69, 9.17) is 17.3 Å². The van der Waals surface area contributed by atoms with Gasteiger partial charge in [0.05, 0.1) is 5.41 Å². The molecule has 1 saturated carbocycles. The minimum atomic E-state index is -0.307. The first-order valence-electron chi connectivity index (χ1n) is 7.93. The first-order valence-corrected chi connectivity index (χ1v) is 8.31. The molecule has 21 heavy (non-hydrogen) atoms. The van der Waals surface area contributed by atoms with Gasteiger partial charge in [-0.05, 0) is 49.8 Å². The topological polar surface area (TPSA) is 46.3 Å². The third-order valence-corrected chi connectivity index (χ3v) is 5.33. The van der Waals surface area contributed by atoms with E-state index in [1.165, 1.54) is 0 Å². The molecule has 1 aromatic carbocycles. The van der Waals surface area contributed by atoms with Crippen LogP contribution in [0.25, 0.3) is 0 Å². The molecule has 2 aliphatic rings. The molecule has 2 fully saturated rings. The van der Waals surface area contributed by atoms with Crippen LogP contribution in [0, 0.1) is 0 Å². The van der Waals surface area contributed by atoms with Crippen molar-refractivity contribution in [3.05, 3.63) is 34.9 Å². The van der Waals surface area contributed by atoms with Crippen molar-refractivity contribution >= 4 is 17.5 Å². The first kappa shape index (κ1) is 14.9. The second-order valence-electron chi connectivity index (χ2n) is 6.43. The van der Waals surface area contributed by atoms with Crippen LogP contribution in [0.3, 0.4) is 0 Å². The highest BCUT2D eigenvalue weighted by molar-refractivity contribution is 6.30. The van der Waals surface area contributed by atoms with Crippen LogP contribution in [0.15, 0.2) is 24.3 Å². The molecule has 0 bridgehead atoms. The minimum absolute atomic E-state index is 0.246. The summed E-state index contributed by atoms with van der Waals surface area (Å²) in [5.41, 5.74) is 6.84. The summed E-state index contributed by atoms with van der Waals surface area (Å²) >= 11 is 5.98. The number of likely N-dealkylation sites (tertiary alicyclic amines) is 1. The molecule has 0 radical (unpaired) electrons. The zero-order valence-electron chi connectivity index (χ0n) is 12.4. The van der Waals surface area contributed by atoms with E-state index < -0.39 is 0 Å². The van der Waals surface area contributed by atoms with Crippen LogP contribution >= 0.6 is 11.6 Å². The van der Waals surface area contributed by atoms with Gasteiger partial charge in [0.1, 0.15) is 0 Å². The molecule has 1 amide bonds. The molecule has 0 spiro atoms. The van der Waals surface area contributed by atoms with Gasteiger partial charge >= 0.3 is 0 Å². The van der Waals surface area contributed by atoms with Crippen molar-refractivity contribution in [3.8, 4) is 0 Å². The summed E-state index contributed by atoms with van der Waals surface area (Å²) in [4.78, 5) is 15.1. The Labute approximate surface area is 131 Å². The third-order valence-electron chi connectivity index (χ3n) is 5.07. The van der Waals surface area contributed by atoms with E-state index in [9.17, 15) is 4.79 Å². The number of rotatable bonds is 2. The zero-order valence-corrected chi connectivity index (χ0v) is 13.1. The van der Waals surface area contributed by atoms with Gasteiger partial charge in [0, 0.05) is 24.2 Å². The molecule has 1 atom stereocenters. The van der Waals surface area contributed by atoms with Crippen LogP contribution in [-0.4, -0.2) is 29.9 Å². The molecule has 1 saturated heterocycles. The lowest BCUT2D eigenvalue weighted by Crippen LogP contribution is -2.51. The lowest BCUT2D eigenvalue weighted by Gasteiger charge is -2.44. The number of carbonyl (C=O) groups excluding carboxylic acids is 1. The van der Waals surface area contributed by atoms with Gasteiger partial charge in [-0.15, -0.1) is 0 Å². The second kappa shape index (κ2) is 5.98. The molecule has 0 unspecified atom stereocenters. The van der Waals surface area contributed by atoms with Crippen LogP contribution in [0.5, 0.6) is 0 Å². The van der Waals surface area contributed by atoms with Gasteiger partial charge in [0.15, 0.2) is 0 Å². The second-order valence-corrected chi connectivity index (χ2v) is 6.86. The van der Waals surface area contributed by atoms with Gasteiger partial charge in [-0.1, -0.05) is 30.2 Å². The van der Waals surface area contributed by atoms with Gasteiger partial charge in [-0.2, -0.15) is 0 Å². The van der Waals surface area contributed by atoms with Crippen molar-refractivity contribution in [1.29, 1.82) is 0 Å². The maximum Gasteiger partial charge on any atom is 0.233 e. The Bertz CT molecular complexity index is 510. The lowest BCUT2D eigenvalue weighted by molar-refractivity contribution is -0.140. The number of hydrogen-bond donors (Lipinski definition) is 1. The van der Waals surface area contributed by atoms with Gasteiger partial charge in [0.25, 0.3) is 0 Å². The van der Waals surface area contributed by atoms with Crippen LogP contribution in [-0.2, 0) is 10.2 Å². The van der Waals surface area contributed by atoms with E-state index in [1.54, 1.807) is 0 Å². The van der Waals surface area contributed by atoms with E-state index in [2.05, 4.69) is 0 Å². The Balaban J connectivity index is 1.81. The van der Waals surface area contributed by atoms with Gasteiger partial charge in [-0.3, -0.25) is 4.79 Å². The molecule has 1 aliphatic carbocycles. The summed E-state index contributed by atoms with van der Waals surface area (Å²) in [5, 5.41) is 0.724. The molecular formula is C17H23ClN2O. The maximum absolute atomic E-state index is 13.1. The Morgan fingerprint density at radius 3 is 2.48 bits per heavy atom. The largest absolute Gasteiger partial charge is 0.342 e. The average molecular weight is 307 g/mol. The highest BCUT2D eigenvalue weighted by Crippen LogP contribution is 2.45. The Hall–Kier alpha value is -1.06. The van der Waals surface area contributed by atoms with Gasteiger partial charge in [-0.25, -0.2) is 0 Å². The van der Waals surface area contributed by atoms with Crippen molar-refractivity contribution in [3.63, 3.8) is 0 Å². The number of halogens is 1. The Morgan fingerprint density at radius 1 is 1.14 bits per heavy atom. The fourth-order valence-corrected chi connectivity index (χ4v) is 3.68. The fraction of sp³-hybridized carbons (Fsp3) is 0.588. The third kappa shape index (κ3) is 2.82. The summed E-state index contributed by atoms with van der Waals surface area (Å²) in [6.07, 6.45) is 6.00. The zero-order chi connectivity index (χ0) is 14.9. The number of benzene rings is 1. The van der Waals surface area contributed by atoms with E-state index >= 15 is 0 Å².